The molecule has 1 saturated heterocycles. The van der Waals surface area contributed by atoms with Gasteiger partial charge in [-0.2, -0.15) is 0 Å². The molecule has 1 heterocycles. The van der Waals surface area contributed by atoms with Crippen LogP contribution in [0.4, 0.5) is 0 Å². The van der Waals surface area contributed by atoms with Gasteiger partial charge in [0, 0.05) is 22.9 Å². The molecule has 1 aliphatic heterocycles. The van der Waals surface area contributed by atoms with E-state index in [1.54, 1.807) is 7.11 Å². The maximum Gasteiger partial charge on any atom is 0 e. The van der Waals surface area contributed by atoms with Crippen molar-refractivity contribution < 1.29 is 55.1 Å². The maximum atomic E-state index is 12.9. The van der Waals surface area contributed by atoms with Crippen molar-refractivity contribution in [3.63, 3.8) is 0 Å². The van der Waals surface area contributed by atoms with Crippen LogP contribution in [0.2, 0.25) is 0 Å². The van der Waals surface area contributed by atoms with Crippen LogP contribution in [0.5, 0.6) is 5.75 Å². The van der Waals surface area contributed by atoms with E-state index < -0.39 is 23.5 Å². The fraction of sp³-hybridized carbons (Fsp3) is 0.292. The zero-order valence-electron chi connectivity index (χ0n) is 18.7. The molecule has 0 aromatic heterocycles. The summed E-state index contributed by atoms with van der Waals surface area (Å²) in [7, 11) is 4.27. The minimum absolute atomic E-state index is 0. The Balaban J connectivity index is 0. The van der Waals surface area contributed by atoms with E-state index in [1.807, 2.05) is 54.6 Å². The summed E-state index contributed by atoms with van der Waals surface area (Å²) in [6.07, 6.45) is 0.221. The molecule has 0 spiro atoms. The van der Waals surface area contributed by atoms with E-state index in [2.05, 4.69) is 25.3 Å². The number of para-hydroxylation sites is 1. The summed E-state index contributed by atoms with van der Waals surface area (Å²) in [4.78, 5) is 25.4. The average molecular weight is 505 g/mol. The maximum absolute atomic E-state index is 12.9. The van der Waals surface area contributed by atoms with Crippen molar-refractivity contribution in [1.29, 1.82) is 0 Å². The van der Waals surface area contributed by atoms with Crippen LogP contribution >= 0.6 is 0 Å². The molecule has 34 heavy (non-hydrogen) atoms. The predicted octanol–water partition coefficient (Wildman–Crippen LogP) is 2.47. The summed E-state index contributed by atoms with van der Waals surface area (Å²) in [5.41, 5.74) is 0.376. The Hall–Kier alpha value is -3.11. The average Bonchev–Trinajstić information content (AvgIpc) is 3.33. The molecule has 0 bridgehead atoms. The summed E-state index contributed by atoms with van der Waals surface area (Å²) in [6, 6.07) is 16.2. The third kappa shape index (κ3) is 7.20. The van der Waals surface area contributed by atoms with Gasteiger partial charge in [-0.15, -0.1) is 0 Å². The van der Waals surface area contributed by atoms with Gasteiger partial charge in [-0.1, -0.05) is 48.5 Å². The number of carbonyl (C=O) groups is 2. The normalized spacial score (nSPS) is 19.4. The van der Waals surface area contributed by atoms with E-state index in [0.29, 0.717) is 5.75 Å². The van der Waals surface area contributed by atoms with Crippen molar-refractivity contribution in [2.75, 3.05) is 21.3 Å². The van der Waals surface area contributed by atoms with Gasteiger partial charge in [0.05, 0.1) is 33.3 Å². The summed E-state index contributed by atoms with van der Waals surface area (Å²) in [5, 5.41) is 3.37. The molecule has 3 atom stereocenters. The third-order valence-electron chi connectivity index (χ3n) is 5.11. The molecule has 1 fully saturated rings. The first-order valence-corrected chi connectivity index (χ1v) is 9.31. The van der Waals surface area contributed by atoms with Crippen molar-refractivity contribution in [3.8, 4) is 5.75 Å². The number of carbonyl (C=O) groups excluding carboxylic acids is 2. The Morgan fingerprint density at radius 2 is 1.41 bits per heavy atom. The van der Waals surface area contributed by atoms with Crippen LogP contribution in [-0.2, 0) is 55.9 Å². The van der Waals surface area contributed by atoms with Gasteiger partial charge in [-0.05, 0) is 18.1 Å². The summed E-state index contributed by atoms with van der Waals surface area (Å²) in [6.45, 7) is 13.5. The van der Waals surface area contributed by atoms with Crippen LogP contribution < -0.4 is 10.1 Å². The second-order valence-corrected chi connectivity index (χ2v) is 6.46. The molecule has 2 aromatic rings. The topological polar surface area (TPSA) is 134 Å². The molecule has 0 radical (unpaired) electrons. The second kappa shape index (κ2) is 17.4. The van der Waals surface area contributed by atoms with Gasteiger partial charge < -0.3 is 14.2 Å². The molecule has 3 rings (SSSR count). The fourth-order valence-electron chi connectivity index (χ4n) is 3.82. The van der Waals surface area contributed by atoms with E-state index in [1.165, 1.54) is 14.2 Å². The predicted molar refractivity (Wildman–Crippen MR) is 111 cm³/mol. The van der Waals surface area contributed by atoms with Crippen molar-refractivity contribution in [2.45, 2.75) is 18.0 Å². The van der Waals surface area contributed by atoms with Crippen LogP contribution in [0.15, 0.2) is 54.6 Å². The first-order valence-electron chi connectivity index (χ1n) is 9.31. The minimum Gasteiger partial charge on any atom is 0 e. The Morgan fingerprint density at radius 1 is 0.882 bits per heavy atom. The summed E-state index contributed by atoms with van der Waals surface area (Å²) in [5.74, 6) is -0.775. The number of methoxy groups -OCH3 is 3. The van der Waals surface area contributed by atoms with E-state index in [-0.39, 0.29) is 29.8 Å². The monoisotopic (exact) mass is 505 g/mol. The number of nitrogens with one attached hydrogen (secondary N) is 1. The first kappa shape index (κ1) is 33.1. The number of esters is 2. The molecular weight excluding hydrogens is 482 g/mol. The van der Waals surface area contributed by atoms with Crippen LogP contribution in [-0.4, -0.2) is 33.3 Å². The van der Waals surface area contributed by atoms with Gasteiger partial charge >= 0.3 is 45.8 Å². The first-order chi connectivity index (χ1) is 16.1. The second-order valence-electron chi connectivity index (χ2n) is 6.46. The quantitative estimate of drug-likeness (QED) is 0.377. The van der Waals surface area contributed by atoms with Crippen LogP contribution in [0.3, 0.4) is 0 Å². The molecule has 1 aliphatic rings. The third-order valence-corrected chi connectivity index (χ3v) is 5.11. The zero-order valence-corrected chi connectivity index (χ0v) is 20.0. The smallest absolute Gasteiger partial charge is 0 e. The molecule has 10 heteroatoms. The standard InChI is InChI=1S/C21H23NO5.3CO.Cr/c1-25-17-12-8-7-11-15(17)18-16(19(23)26-2)13-21(22-18,20(24)27-3)14-9-5-4-6-10-14;3*1-2;/h4-12,16,18,22H,13H2,1-3H3;;;;/t16-,18?,21+;;;;/m0..../s1. The van der Waals surface area contributed by atoms with Crippen molar-refractivity contribution in [3.05, 3.63) is 85.7 Å². The molecular formula is C24H23CrNO8. The van der Waals surface area contributed by atoms with Crippen LogP contribution in [0.25, 0.3) is 0 Å². The molecule has 9 nitrogen and oxygen atoms in total. The Kier molecular flexibility index (Phi) is 16.9. The van der Waals surface area contributed by atoms with E-state index in [0.717, 1.165) is 11.1 Å². The number of hydrogen-bond donors (Lipinski definition) is 1. The minimum atomic E-state index is -1.15. The largest absolute Gasteiger partial charge is 0 e. The molecule has 1 N–H and O–H groups in total. The van der Waals surface area contributed by atoms with Crippen molar-refractivity contribution in [2.24, 2.45) is 5.92 Å². The van der Waals surface area contributed by atoms with Gasteiger partial charge in [0.2, 0.25) is 0 Å². The number of hydrogen-bond acceptors (Lipinski definition) is 6. The number of rotatable bonds is 5. The van der Waals surface area contributed by atoms with Gasteiger partial charge in [0.25, 0.3) is 0 Å². The Morgan fingerprint density at radius 3 is 1.91 bits per heavy atom. The molecule has 2 aromatic carbocycles. The zero-order chi connectivity index (χ0) is 25.4. The van der Waals surface area contributed by atoms with Crippen LogP contribution in [0, 0.1) is 25.9 Å². The molecule has 0 aliphatic carbocycles. The van der Waals surface area contributed by atoms with Crippen LogP contribution in [0.1, 0.15) is 23.6 Å². The molecule has 0 saturated carbocycles. The molecule has 178 valence electrons. The number of ether oxygens (including phenoxy) is 3. The SMILES string of the molecule is COC(=O)[C@H]1C[C@](C(=O)OC)(c2ccccc2)NC1c1ccccc1OC.[C-]#[O+].[C-]#[O+].[C-]#[O+].[Cr]. The van der Waals surface area contributed by atoms with Gasteiger partial charge in [0.1, 0.15) is 11.3 Å². The van der Waals surface area contributed by atoms with E-state index in [9.17, 15) is 9.59 Å². The van der Waals surface area contributed by atoms with Gasteiger partial charge in [-0.3, -0.25) is 10.1 Å². The summed E-state index contributed by atoms with van der Waals surface area (Å²) >= 11 is 0. The van der Waals surface area contributed by atoms with Gasteiger partial charge in [0.15, 0.2) is 0 Å². The summed E-state index contributed by atoms with van der Waals surface area (Å²) < 4.78 is 38.1. The molecule has 1 unspecified atom stereocenters. The molecule has 0 amide bonds. The fourth-order valence-corrected chi connectivity index (χ4v) is 3.82. The van der Waals surface area contributed by atoms with Gasteiger partial charge in [-0.25, -0.2) is 4.79 Å². The van der Waals surface area contributed by atoms with Crippen molar-refractivity contribution >= 4 is 11.9 Å². The number of benzene rings is 2. The Labute approximate surface area is 209 Å². The Bertz CT molecular complexity index is 946. The van der Waals surface area contributed by atoms with E-state index in [4.69, 9.17) is 28.2 Å². The van der Waals surface area contributed by atoms with E-state index >= 15 is 0 Å². The van der Waals surface area contributed by atoms with Crippen molar-refractivity contribution in [1.82, 2.24) is 5.32 Å².